The second-order valence-electron chi connectivity index (χ2n) is 13.8. The maximum Gasteiger partial charge on any atom is 0.303 e. The van der Waals surface area contributed by atoms with E-state index in [1.54, 1.807) is 53.1 Å². The van der Waals surface area contributed by atoms with E-state index in [-0.39, 0.29) is 91.3 Å². The van der Waals surface area contributed by atoms with Gasteiger partial charge in [0.05, 0.1) is 12.4 Å². The fourth-order valence-corrected chi connectivity index (χ4v) is 7.46. The molecule has 9 rings (SSSR count). The molecule has 0 aliphatic carbocycles. The average molecular weight is 793 g/mol. The quantitative estimate of drug-likeness (QED) is 0.255. The van der Waals surface area contributed by atoms with Crippen LogP contribution in [0.3, 0.4) is 0 Å². The third-order valence-corrected chi connectivity index (χ3v) is 10.1. The van der Waals surface area contributed by atoms with Gasteiger partial charge in [0.15, 0.2) is 0 Å². The lowest BCUT2D eigenvalue weighted by molar-refractivity contribution is -0.149. The number of carbonyl (C=O) groups is 1. The summed E-state index contributed by atoms with van der Waals surface area (Å²) in [5.41, 5.74) is 0.580. The number of hydrogen-bond acceptors (Lipinski definition) is 18. The van der Waals surface area contributed by atoms with Gasteiger partial charge >= 0.3 is 24.0 Å². The molecule has 21 nitrogen and oxygen atoms in total. The number of aliphatic hydroxyl groups excluding tert-OH is 1. The Balaban J connectivity index is 0.000000128. The number of esters is 1. The van der Waals surface area contributed by atoms with E-state index in [1.165, 1.54) is 6.92 Å². The standard InChI is InChI=1S/C12H14N2O5.C11H14N2O6S.C10H12N2O4/c1-6-4-14-10-3-8(18-7(2)15)9(19-10)5-17-12(14)13-11(6)16;1-6-4-13-9-3-7(19-20(2,15)16)8(18-9)5-17-11(13)12-10(6)14;1-5-3-12-8-2-6(13)7(16-8)4-15-10(12)11-9(5)14/h4,8-10H,3,5H2,1-2H3;4,7-9H,3,5H2,1-2H3;3,6-8,13H,2,4H2,1H3/t8-,9+,10+;7-,8+,9+;6-,7-,8-/m001/s1. The van der Waals surface area contributed by atoms with Crippen molar-refractivity contribution < 1.29 is 55.7 Å². The minimum absolute atomic E-state index is 0.0895. The molecular formula is C33H40N6O15S. The predicted molar refractivity (Wildman–Crippen MR) is 183 cm³/mol. The van der Waals surface area contributed by atoms with Gasteiger partial charge in [-0.25, -0.2) is 0 Å². The zero-order valence-corrected chi connectivity index (χ0v) is 31.2. The van der Waals surface area contributed by atoms with Crippen molar-refractivity contribution in [2.45, 2.75) is 102 Å². The molecule has 55 heavy (non-hydrogen) atoms. The first-order valence-corrected chi connectivity index (χ1v) is 19.2. The Hall–Kier alpha value is -4.74. The van der Waals surface area contributed by atoms with Gasteiger partial charge in [0.2, 0.25) is 0 Å². The third-order valence-electron chi connectivity index (χ3n) is 9.51. The van der Waals surface area contributed by atoms with Crippen LogP contribution in [0.4, 0.5) is 0 Å². The summed E-state index contributed by atoms with van der Waals surface area (Å²) in [4.78, 5) is 57.0. The smallest absolute Gasteiger partial charge is 0.303 e. The maximum atomic E-state index is 11.5. The lowest BCUT2D eigenvalue weighted by atomic mass is 10.2. The van der Waals surface area contributed by atoms with Crippen molar-refractivity contribution in [2.24, 2.45) is 0 Å². The number of aromatic nitrogens is 6. The van der Waals surface area contributed by atoms with Crippen LogP contribution in [-0.2, 0) is 38.0 Å². The molecule has 0 radical (unpaired) electrons. The van der Waals surface area contributed by atoms with Crippen LogP contribution in [0.5, 0.6) is 18.0 Å². The van der Waals surface area contributed by atoms with Gasteiger partial charge in [-0.05, 0) is 20.8 Å². The number of aliphatic hydroxyl groups is 1. The van der Waals surface area contributed by atoms with Crippen molar-refractivity contribution in [1.29, 1.82) is 0 Å². The number of carbonyl (C=O) groups excluding carboxylic acids is 1. The van der Waals surface area contributed by atoms with Crippen molar-refractivity contribution in [2.75, 3.05) is 26.1 Å². The second kappa shape index (κ2) is 15.1. The van der Waals surface area contributed by atoms with Crippen LogP contribution in [0.25, 0.3) is 0 Å². The topological polar surface area (TPSA) is 250 Å². The zero-order chi connectivity index (χ0) is 39.3. The van der Waals surface area contributed by atoms with E-state index in [0.717, 1.165) is 6.26 Å². The minimum atomic E-state index is -3.56. The van der Waals surface area contributed by atoms with Crippen LogP contribution in [-0.4, -0.2) is 111 Å². The lowest BCUT2D eigenvalue weighted by Crippen LogP contribution is -2.32. The van der Waals surface area contributed by atoms with E-state index < -0.39 is 34.7 Å². The van der Waals surface area contributed by atoms with Crippen LogP contribution in [0.15, 0.2) is 33.0 Å². The molecule has 3 fully saturated rings. The van der Waals surface area contributed by atoms with Gasteiger partial charge < -0.3 is 38.3 Å². The molecule has 298 valence electrons. The Labute approximate surface area is 312 Å². The number of ether oxygens (including phenoxy) is 7. The molecule has 22 heteroatoms. The summed E-state index contributed by atoms with van der Waals surface area (Å²) >= 11 is 0. The summed E-state index contributed by atoms with van der Waals surface area (Å²) in [6.45, 7) is 6.92. The molecule has 0 spiro atoms. The third kappa shape index (κ3) is 8.28. The second-order valence-corrected chi connectivity index (χ2v) is 15.4. The highest BCUT2D eigenvalue weighted by molar-refractivity contribution is 7.86. The van der Waals surface area contributed by atoms with E-state index in [2.05, 4.69) is 15.0 Å². The van der Waals surface area contributed by atoms with Crippen molar-refractivity contribution in [3.63, 3.8) is 0 Å². The summed E-state index contributed by atoms with van der Waals surface area (Å²) in [7, 11) is -3.56. The van der Waals surface area contributed by atoms with E-state index in [0.29, 0.717) is 36.0 Å². The Bertz CT molecular complexity index is 2260. The monoisotopic (exact) mass is 792 g/mol. The average Bonchev–Trinajstić information content (AvgIpc) is 3.69. The van der Waals surface area contributed by atoms with Crippen molar-refractivity contribution >= 4 is 16.1 Å². The molecule has 0 aromatic carbocycles. The van der Waals surface area contributed by atoms with Crippen LogP contribution in [0.1, 0.15) is 61.6 Å². The number of aryl methyl sites for hydroxylation is 3. The highest BCUT2D eigenvalue weighted by Gasteiger charge is 2.44. The SMILES string of the molecule is CC(=O)O[C@H]1C[C@H]2O[C@@H]1COc1nc(=O)c(C)cn12.Cc1cn2c(nc1=O)OC[C@H]1O[C@@H]2C[C@@H]1OS(C)(=O)=O.Cc1cn2c(nc1=O)OC[C@H]1O[C@@H]2C[C@H]1O. The van der Waals surface area contributed by atoms with E-state index >= 15 is 0 Å². The summed E-state index contributed by atoms with van der Waals surface area (Å²) < 4.78 is 70.9. The number of fused-ring (bicyclic) bond motifs is 12. The van der Waals surface area contributed by atoms with Gasteiger partial charge in [-0.2, -0.15) is 23.4 Å². The molecule has 9 atom stereocenters. The summed E-state index contributed by atoms with van der Waals surface area (Å²) in [6, 6.07) is 0.713. The molecule has 3 aromatic heterocycles. The Morgan fingerprint density at radius 3 is 1.51 bits per heavy atom. The molecular weight excluding hydrogens is 752 g/mol. The van der Waals surface area contributed by atoms with Gasteiger partial charge in [-0.15, -0.1) is 0 Å². The van der Waals surface area contributed by atoms with Crippen molar-refractivity contribution in [3.8, 4) is 18.0 Å². The van der Waals surface area contributed by atoms with Crippen molar-refractivity contribution in [1.82, 2.24) is 28.7 Å². The van der Waals surface area contributed by atoms with Crippen LogP contribution < -0.4 is 30.9 Å². The number of rotatable bonds is 3. The zero-order valence-electron chi connectivity index (χ0n) is 30.4. The normalized spacial score (nSPS) is 29.4. The fraction of sp³-hybridized carbons (Fsp3) is 0.606. The molecule has 3 saturated heterocycles. The highest BCUT2D eigenvalue weighted by atomic mass is 32.2. The summed E-state index contributed by atoms with van der Waals surface area (Å²) in [5, 5.41) is 9.67. The van der Waals surface area contributed by atoms with Gasteiger partial charge in [-0.1, -0.05) is 0 Å². The first kappa shape index (κ1) is 38.5. The molecule has 0 amide bonds. The van der Waals surface area contributed by atoms with E-state index in [4.69, 9.17) is 37.3 Å². The maximum absolute atomic E-state index is 11.5. The molecule has 0 unspecified atom stereocenters. The van der Waals surface area contributed by atoms with E-state index in [1.807, 2.05) is 0 Å². The minimum Gasteiger partial charge on any atom is -0.462 e. The van der Waals surface area contributed by atoms with Crippen molar-refractivity contribution in [3.05, 3.63) is 66.3 Å². The highest BCUT2D eigenvalue weighted by Crippen LogP contribution is 2.37. The number of hydrogen-bond donors (Lipinski definition) is 1. The van der Waals surface area contributed by atoms with Gasteiger partial charge in [0, 0.05) is 61.5 Å². The van der Waals surface area contributed by atoms with Crippen LogP contribution in [0, 0.1) is 20.8 Å². The molecule has 6 aliphatic rings. The first-order chi connectivity index (χ1) is 26.0. The first-order valence-electron chi connectivity index (χ1n) is 17.4. The molecule has 9 heterocycles. The van der Waals surface area contributed by atoms with Crippen LogP contribution >= 0.6 is 0 Å². The Morgan fingerprint density at radius 1 is 0.691 bits per heavy atom. The van der Waals surface area contributed by atoms with Gasteiger partial charge in [0.1, 0.15) is 69.0 Å². The Kier molecular flexibility index (Phi) is 10.6. The molecule has 6 bridgehead atoms. The molecule has 6 aliphatic heterocycles. The molecule has 1 N–H and O–H groups in total. The Morgan fingerprint density at radius 2 is 1.07 bits per heavy atom. The summed E-state index contributed by atoms with van der Waals surface area (Å²) in [5.74, 6) is -0.339. The predicted octanol–water partition coefficient (Wildman–Crippen LogP) is -0.668. The van der Waals surface area contributed by atoms with Gasteiger partial charge in [-0.3, -0.25) is 37.1 Å². The summed E-state index contributed by atoms with van der Waals surface area (Å²) in [6.07, 6.45) is 3.66. The molecule has 3 aromatic rings. The van der Waals surface area contributed by atoms with Crippen LogP contribution in [0.2, 0.25) is 0 Å². The van der Waals surface area contributed by atoms with Gasteiger partial charge in [0.25, 0.3) is 26.8 Å². The number of nitrogens with zero attached hydrogens (tertiary/aromatic N) is 6. The fourth-order valence-electron chi connectivity index (χ4n) is 6.81. The largest absolute Gasteiger partial charge is 0.462 e. The van der Waals surface area contributed by atoms with E-state index in [9.17, 15) is 32.7 Å². The molecule has 0 saturated carbocycles. The lowest BCUT2D eigenvalue weighted by Gasteiger charge is -2.19.